The molecule has 0 aromatic rings. The monoisotopic (exact) mass is 263 g/mol. The van der Waals surface area contributed by atoms with E-state index in [4.69, 9.17) is 0 Å². The summed E-state index contributed by atoms with van der Waals surface area (Å²) in [6, 6.07) is 0. The van der Waals surface area contributed by atoms with Crippen LogP contribution >= 0.6 is 0 Å². The highest BCUT2D eigenvalue weighted by molar-refractivity contribution is 7.89. The third-order valence-corrected chi connectivity index (χ3v) is 4.89. The highest BCUT2D eigenvalue weighted by Gasteiger charge is 2.21. The maximum atomic E-state index is 11.5. The summed E-state index contributed by atoms with van der Waals surface area (Å²) in [7, 11) is 1.75. The molecule has 0 bridgehead atoms. The lowest BCUT2D eigenvalue weighted by Gasteiger charge is -2.31. The summed E-state index contributed by atoms with van der Waals surface area (Å²) in [5, 5.41) is 0. The molecule has 0 N–H and O–H groups in total. The Morgan fingerprint density at radius 3 is 2.47 bits per heavy atom. The van der Waals surface area contributed by atoms with Crippen molar-refractivity contribution in [2.75, 3.05) is 53.1 Å². The van der Waals surface area contributed by atoms with E-state index in [1.54, 1.807) is 11.9 Å². The minimum absolute atomic E-state index is 0.103. The number of rotatable bonds is 5. The van der Waals surface area contributed by atoms with Gasteiger partial charge in [-0.2, -0.15) is 0 Å². The smallest absolute Gasteiger partial charge is 0.236 e. The van der Waals surface area contributed by atoms with E-state index in [1.807, 2.05) is 4.90 Å². The lowest BCUT2D eigenvalue weighted by Crippen LogP contribution is -2.48. The topological polar surface area (TPSA) is 60.9 Å². The minimum atomic E-state index is -3.11. The Morgan fingerprint density at radius 2 is 1.94 bits per heavy atom. The van der Waals surface area contributed by atoms with E-state index in [2.05, 4.69) is 0 Å². The van der Waals surface area contributed by atoms with Crippen LogP contribution in [-0.4, -0.2) is 81.5 Å². The number of hydrogen-bond acceptors (Lipinski definition) is 4. The average Bonchev–Trinajstić information content (AvgIpc) is 2.23. The standard InChI is InChI=1S/C10H21N3O3S/c1-11(2)17(15,16)8-4-5-13-7-6-12(3)10(14)9-13/h4-9H2,1-3H3. The van der Waals surface area contributed by atoms with E-state index in [0.29, 0.717) is 19.5 Å². The summed E-state index contributed by atoms with van der Waals surface area (Å²) in [5.74, 6) is 0.243. The van der Waals surface area contributed by atoms with Crippen molar-refractivity contribution in [2.24, 2.45) is 0 Å². The Kier molecular flexibility index (Phi) is 4.91. The zero-order valence-electron chi connectivity index (χ0n) is 10.7. The van der Waals surface area contributed by atoms with E-state index >= 15 is 0 Å². The molecular formula is C10H21N3O3S. The summed E-state index contributed by atoms with van der Waals surface area (Å²) in [6.07, 6.45) is 0.567. The van der Waals surface area contributed by atoms with Gasteiger partial charge in [-0.25, -0.2) is 12.7 Å². The fourth-order valence-corrected chi connectivity index (χ4v) is 2.51. The summed E-state index contributed by atoms with van der Waals surface area (Å²) in [5.41, 5.74) is 0. The molecule has 1 amide bonds. The van der Waals surface area contributed by atoms with Crippen molar-refractivity contribution in [3.05, 3.63) is 0 Å². The Labute approximate surface area is 103 Å². The molecule has 1 heterocycles. The Morgan fingerprint density at radius 1 is 1.29 bits per heavy atom. The largest absolute Gasteiger partial charge is 0.343 e. The molecule has 0 aliphatic carbocycles. The first-order chi connectivity index (χ1) is 7.83. The summed E-state index contributed by atoms with van der Waals surface area (Å²) in [6.45, 7) is 2.61. The number of carbonyl (C=O) groups is 1. The Balaban J connectivity index is 2.31. The van der Waals surface area contributed by atoms with Gasteiger partial charge in [-0.05, 0) is 13.0 Å². The molecular weight excluding hydrogens is 242 g/mol. The van der Waals surface area contributed by atoms with Gasteiger partial charge in [0.05, 0.1) is 12.3 Å². The van der Waals surface area contributed by atoms with E-state index in [1.165, 1.54) is 18.4 Å². The van der Waals surface area contributed by atoms with Crippen molar-refractivity contribution in [1.29, 1.82) is 0 Å². The zero-order chi connectivity index (χ0) is 13.1. The molecule has 100 valence electrons. The molecule has 1 rings (SSSR count). The molecule has 7 heteroatoms. The highest BCUT2D eigenvalue weighted by atomic mass is 32.2. The molecule has 0 unspecified atom stereocenters. The molecule has 0 aromatic carbocycles. The van der Waals surface area contributed by atoms with E-state index in [9.17, 15) is 13.2 Å². The van der Waals surface area contributed by atoms with Gasteiger partial charge in [-0.1, -0.05) is 0 Å². The zero-order valence-corrected chi connectivity index (χ0v) is 11.5. The quantitative estimate of drug-likeness (QED) is 0.641. The number of carbonyl (C=O) groups excluding carboxylic acids is 1. The van der Waals surface area contributed by atoms with Crippen molar-refractivity contribution < 1.29 is 13.2 Å². The maximum Gasteiger partial charge on any atom is 0.236 e. The second-order valence-electron chi connectivity index (χ2n) is 4.54. The number of likely N-dealkylation sites (N-methyl/N-ethyl adjacent to an activating group) is 1. The molecule has 1 fully saturated rings. The number of piperazine rings is 1. The normalized spacial score (nSPS) is 19.1. The van der Waals surface area contributed by atoms with Crippen LogP contribution in [0.25, 0.3) is 0 Å². The summed E-state index contributed by atoms with van der Waals surface area (Å²) >= 11 is 0. The molecule has 0 spiro atoms. The summed E-state index contributed by atoms with van der Waals surface area (Å²) < 4.78 is 24.3. The molecule has 0 atom stereocenters. The molecule has 0 aromatic heterocycles. The third-order valence-electron chi connectivity index (χ3n) is 2.97. The first kappa shape index (κ1) is 14.4. The number of nitrogens with zero attached hydrogens (tertiary/aromatic N) is 3. The molecule has 6 nitrogen and oxygen atoms in total. The van der Waals surface area contributed by atoms with Crippen LogP contribution in [-0.2, 0) is 14.8 Å². The van der Waals surface area contributed by atoms with Gasteiger partial charge in [-0.3, -0.25) is 9.69 Å². The fraction of sp³-hybridized carbons (Fsp3) is 0.900. The van der Waals surface area contributed by atoms with Crippen LogP contribution in [0.4, 0.5) is 0 Å². The van der Waals surface area contributed by atoms with Gasteiger partial charge in [-0.15, -0.1) is 0 Å². The number of sulfonamides is 1. The Hall–Kier alpha value is -0.660. The van der Waals surface area contributed by atoms with Crippen LogP contribution in [0, 0.1) is 0 Å². The van der Waals surface area contributed by atoms with Crippen molar-refractivity contribution in [3.8, 4) is 0 Å². The minimum Gasteiger partial charge on any atom is -0.343 e. The highest BCUT2D eigenvalue weighted by Crippen LogP contribution is 2.04. The van der Waals surface area contributed by atoms with Crippen LogP contribution in [0.2, 0.25) is 0 Å². The van der Waals surface area contributed by atoms with Crippen LogP contribution in [0.15, 0.2) is 0 Å². The van der Waals surface area contributed by atoms with Gasteiger partial charge >= 0.3 is 0 Å². The molecule has 0 saturated carbocycles. The molecule has 17 heavy (non-hydrogen) atoms. The lowest BCUT2D eigenvalue weighted by atomic mass is 10.3. The first-order valence-corrected chi connectivity index (χ1v) is 7.30. The first-order valence-electron chi connectivity index (χ1n) is 5.69. The summed E-state index contributed by atoms with van der Waals surface area (Å²) in [4.78, 5) is 15.1. The maximum absolute atomic E-state index is 11.5. The van der Waals surface area contributed by atoms with E-state index < -0.39 is 10.0 Å². The fourth-order valence-electron chi connectivity index (χ4n) is 1.65. The molecule has 0 radical (unpaired) electrons. The van der Waals surface area contributed by atoms with E-state index in [0.717, 1.165) is 13.1 Å². The molecule has 1 aliphatic rings. The van der Waals surface area contributed by atoms with Crippen molar-refractivity contribution in [1.82, 2.24) is 14.1 Å². The van der Waals surface area contributed by atoms with Crippen LogP contribution in [0.3, 0.4) is 0 Å². The van der Waals surface area contributed by atoms with Gasteiger partial charge in [0, 0.05) is 34.2 Å². The SMILES string of the molecule is CN1CCN(CCCS(=O)(=O)N(C)C)CC1=O. The van der Waals surface area contributed by atoms with E-state index in [-0.39, 0.29) is 11.7 Å². The van der Waals surface area contributed by atoms with Crippen molar-refractivity contribution >= 4 is 15.9 Å². The number of hydrogen-bond donors (Lipinski definition) is 0. The van der Waals surface area contributed by atoms with Gasteiger partial charge in [0.25, 0.3) is 0 Å². The number of amides is 1. The van der Waals surface area contributed by atoms with Crippen LogP contribution in [0.1, 0.15) is 6.42 Å². The average molecular weight is 263 g/mol. The molecule has 1 aliphatic heterocycles. The van der Waals surface area contributed by atoms with Gasteiger partial charge in [0.1, 0.15) is 0 Å². The predicted molar refractivity (Wildman–Crippen MR) is 66.2 cm³/mol. The second-order valence-corrected chi connectivity index (χ2v) is 6.85. The second kappa shape index (κ2) is 5.79. The third kappa shape index (κ3) is 4.25. The Bertz CT molecular complexity index is 367. The van der Waals surface area contributed by atoms with Gasteiger partial charge in [0.2, 0.25) is 15.9 Å². The van der Waals surface area contributed by atoms with Crippen LogP contribution in [0.5, 0.6) is 0 Å². The van der Waals surface area contributed by atoms with Crippen molar-refractivity contribution in [3.63, 3.8) is 0 Å². The van der Waals surface area contributed by atoms with Crippen molar-refractivity contribution in [2.45, 2.75) is 6.42 Å². The predicted octanol–water partition coefficient (Wildman–Crippen LogP) is -0.958. The van der Waals surface area contributed by atoms with Gasteiger partial charge < -0.3 is 4.90 Å². The van der Waals surface area contributed by atoms with Crippen LogP contribution < -0.4 is 0 Å². The molecule has 1 saturated heterocycles. The lowest BCUT2D eigenvalue weighted by molar-refractivity contribution is -0.134. The van der Waals surface area contributed by atoms with Gasteiger partial charge in [0.15, 0.2) is 0 Å².